The fourth-order valence-electron chi connectivity index (χ4n) is 1.62. The minimum Gasteiger partial charge on any atom is -0.335 e. The highest BCUT2D eigenvalue weighted by molar-refractivity contribution is 5.94. The Labute approximate surface area is 126 Å². The van der Waals surface area contributed by atoms with Crippen molar-refractivity contribution in [1.82, 2.24) is 5.32 Å². The second kappa shape index (κ2) is 7.67. The van der Waals surface area contributed by atoms with Crippen LogP contribution in [0.1, 0.15) is 39.7 Å². The summed E-state index contributed by atoms with van der Waals surface area (Å²) in [5.41, 5.74) is 2.31. The number of nitrogens with one attached hydrogen (secondary N) is 3. The zero-order valence-corrected chi connectivity index (χ0v) is 13.4. The summed E-state index contributed by atoms with van der Waals surface area (Å²) < 4.78 is 0. The Hall–Kier alpha value is -2.04. The molecule has 1 aromatic rings. The van der Waals surface area contributed by atoms with E-state index in [1.807, 2.05) is 26.0 Å². The molecule has 0 aliphatic rings. The lowest BCUT2D eigenvalue weighted by molar-refractivity contribution is -0.115. The van der Waals surface area contributed by atoms with E-state index in [2.05, 4.69) is 29.8 Å². The Morgan fingerprint density at radius 2 is 1.81 bits per heavy atom. The van der Waals surface area contributed by atoms with Gasteiger partial charge in [-0.05, 0) is 37.5 Å². The summed E-state index contributed by atoms with van der Waals surface area (Å²) in [5, 5.41) is 8.50. The molecule has 0 heterocycles. The molecule has 5 heteroatoms. The van der Waals surface area contributed by atoms with Crippen molar-refractivity contribution in [3.8, 4) is 0 Å². The first-order chi connectivity index (χ1) is 9.83. The van der Waals surface area contributed by atoms with Gasteiger partial charge in [0.25, 0.3) is 0 Å². The second-order valence-corrected chi connectivity index (χ2v) is 5.56. The molecule has 0 aliphatic carbocycles. The zero-order chi connectivity index (χ0) is 16.0. The van der Waals surface area contributed by atoms with Crippen molar-refractivity contribution in [2.75, 3.05) is 10.6 Å². The van der Waals surface area contributed by atoms with Crippen molar-refractivity contribution < 1.29 is 9.59 Å². The Bertz CT molecular complexity index is 512. The maximum absolute atomic E-state index is 12.0. The molecule has 0 spiro atoms. The largest absolute Gasteiger partial charge is 0.335 e. The lowest BCUT2D eigenvalue weighted by Gasteiger charge is -2.18. The predicted molar refractivity (Wildman–Crippen MR) is 86.6 cm³/mol. The van der Waals surface area contributed by atoms with Crippen LogP contribution in [0.15, 0.2) is 18.2 Å². The molecule has 116 valence electrons. The van der Waals surface area contributed by atoms with E-state index < -0.39 is 0 Å². The lowest BCUT2D eigenvalue weighted by Crippen LogP contribution is -2.39. The number of hydrogen-bond acceptors (Lipinski definition) is 2. The van der Waals surface area contributed by atoms with Crippen LogP contribution >= 0.6 is 0 Å². The van der Waals surface area contributed by atoms with E-state index in [1.165, 1.54) is 0 Å². The molecular weight excluding hydrogens is 266 g/mol. The van der Waals surface area contributed by atoms with Crippen LogP contribution in [0.25, 0.3) is 0 Å². The van der Waals surface area contributed by atoms with Gasteiger partial charge in [-0.25, -0.2) is 4.79 Å². The second-order valence-electron chi connectivity index (χ2n) is 5.56. The van der Waals surface area contributed by atoms with E-state index >= 15 is 0 Å². The van der Waals surface area contributed by atoms with Crippen LogP contribution in [0.2, 0.25) is 0 Å². The van der Waals surface area contributed by atoms with Crippen LogP contribution in [0.3, 0.4) is 0 Å². The standard InChI is InChI=1S/C16H25N3O2/c1-6-15(20)18-13-8-7-11(4)14(9-13)19-16(21)17-12(5)10(2)3/h7-10,12H,6H2,1-5H3,(H,18,20)(H2,17,19,21)/t12-/m1/s1. The third-order valence-corrected chi connectivity index (χ3v) is 3.45. The molecule has 3 N–H and O–H groups in total. The molecule has 0 aromatic heterocycles. The summed E-state index contributed by atoms with van der Waals surface area (Å²) in [5.74, 6) is 0.315. The van der Waals surface area contributed by atoms with Crippen molar-refractivity contribution in [3.05, 3.63) is 23.8 Å². The van der Waals surface area contributed by atoms with Gasteiger partial charge in [0.2, 0.25) is 5.91 Å². The number of anilines is 2. The van der Waals surface area contributed by atoms with Gasteiger partial charge in [0.1, 0.15) is 0 Å². The van der Waals surface area contributed by atoms with Gasteiger partial charge in [0, 0.05) is 23.8 Å². The Balaban J connectivity index is 2.75. The number of aryl methyl sites for hydroxylation is 1. The van der Waals surface area contributed by atoms with Crippen LogP contribution < -0.4 is 16.0 Å². The van der Waals surface area contributed by atoms with Crippen molar-refractivity contribution in [2.45, 2.75) is 47.1 Å². The number of rotatable bonds is 5. The number of carbonyl (C=O) groups excluding carboxylic acids is 2. The third-order valence-electron chi connectivity index (χ3n) is 3.45. The highest BCUT2D eigenvalue weighted by atomic mass is 16.2. The molecular formula is C16H25N3O2. The Morgan fingerprint density at radius 3 is 2.38 bits per heavy atom. The number of benzene rings is 1. The summed E-state index contributed by atoms with van der Waals surface area (Å²) in [6.45, 7) is 9.78. The van der Waals surface area contributed by atoms with Crippen molar-refractivity contribution in [2.24, 2.45) is 5.92 Å². The number of amides is 3. The number of urea groups is 1. The number of hydrogen-bond donors (Lipinski definition) is 3. The molecule has 0 saturated carbocycles. The zero-order valence-electron chi connectivity index (χ0n) is 13.4. The monoisotopic (exact) mass is 291 g/mol. The Kier molecular flexibility index (Phi) is 6.21. The van der Waals surface area contributed by atoms with E-state index in [9.17, 15) is 9.59 Å². The minimum absolute atomic E-state index is 0.0531. The molecule has 0 fully saturated rings. The van der Waals surface area contributed by atoms with Crippen LogP contribution in [-0.4, -0.2) is 18.0 Å². The summed E-state index contributed by atoms with van der Waals surface area (Å²) in [7, 11) is 0. The highest BCUT2D eigenvalue weighted by Crippen LogP contribution is 2.20. The Morgan fingerprint density at radius 1 is 1.14 bits per heavy atom. The minimum atomic E-state index is -0.238. The highest BCUT2D eigenvalue weighted by Gasteiger charge is 2.12. The first kappa shape index (κ1) is 17.0. The molecule has 0 unspecified atom stereocenters. The SMILES string of the molecule is CCC(=O)Nc1ccc(C)c(NC(=O)N[C@H](C)C(C)C)c1. The van der Waals surface area contributed by atoms with Gasteiger partial charge in [-0.15, -0.1) is 0 Å². The molecule has 0 radical (unpaired) electrons. The van der Waals surface area contributed by atoms with Crippen LogP contribution in [0.5, 0.6) is 0 Å². The smallest absolute Gasteiger partial charge is 0.319 e. The van der Waals surface area contributed by atoms with Gasteiger partial charge in [0.15, 0.2) is 0 Å². The molecule has 3 amide bonds. The maximum atomic E-state index is 12.0. The molecule has 0 bridgehead atoms. The van der Waals surface area contributed by atoms with Crippen molar-refractivity contribution in [1.29, 1.82) is 0 Å². The molecule has 5 nitrogen and oxygen atoms in total. The first-order valence-corrected chi connectivity index (χ1v) is 7.31. The van der Waals surface area contributed by atoms with Gasteiger partial charge < -0.3 is 16.0 Å². The average molecular weight is 291 g/mol. The van der Waals surface area contributed by atoms with Gasteiger partial charge in [-0.2, -0.15) is 0 Å². The first-order valence-electron chi connectivity index (χ1n) is 7.31. The molecule has 1 atom stereocenters. The van der Waals surface area contributed by atoms with Crippen LogP contribution in [0, 0.1) is 12.8 Å². The third kappa shape index (κ3) is 5.45. The van der Waals surface area contributed by atoms with E-state index in [-0.39, 0.29) is 18.0 Å². The van der Waals surface area contributed by atoms with Gasteiger partial charge >= 0.3 is 6.03 Å². The van der Waals surface area contributed by atoms with E-state index in [1.54, 1.807) is 13.0 Å². The summed E-state index contributed by atoms with van der Waals surface area (Å²) in [6, 6.07) is 5.31. The molecule has 21 heavy (non-hydrogen) atoms. The van der Waals surface area contributed by atoms with Crippen LogP contribution in [-0.2, 0) is 4.79 Å². The summed E-state index contributed by atoms with van der Waals surface area (Å²) >= 11 is 0. The molecule has 0 saturated heterocycles. The fraction of sp³-hybridized carbons (Fsp3) is 0.500. The van der Waals surface area contributed by atoms with Gasteiger partial charge in [-0.1, -0.05) is 26.8 Å². The fourth-order valence-corrected chi connectivity index (χ4v) is 1.62. The summed E-state index contributed by atoms with van der Waals surface area (Å²) in [6.07, 6.45) is 0.420. The molecule has 1 rings (SSSR count). The average Bonchev–Trinajstić information content (AvgIpc) is 2.42. The van der Waals surface area contributed by atoms with E-state index in [4.69, 9.17) is 0 Å². The topological polar surface area (TPSA) is 70.2 Å². The lowest BCUT2D eigenvalue weighted by atomic mass is 10.1. The normalized spacial score (nSPS) is 11.9. The van der Waals surface area contributed by atoms with Gasteiger partial charge in [0.05, 0.1) is 0 Å². The predicted octanol–water partition coefficient (Wildman–Crippen LogP) is 3.51. The molecule has 1 aromatic carbocycles. The van der Waals surface area contributed by atoms with Crippen LogP contribution in [0.4, 0.5) is 16.2 Å². The maximum Gasteiger partial charge on any atom is 0.319 e. The van der Waals surface area contributed by atoms with E-state index in [0.717, 1.165) is 5.56 Å². The van der Waals surface area contributed by atoms with Crippen molar-refractivity contribution in [3.63, 3.8) is 0 Å². The summed E-state index contributed by atoms with van der Waals surface area (Å²) in [4.78, 5) is 23.4. The molecule has 0 aliphatic heterocycles. The van der Waals surface area contributed by atoms with Crippen molar-refractivity contribution >= 4 is 23.3 Å². The van der Waals surface area contributed by atoms with Gasteiger partial charge in [-0.3, -0.25) is 4.79 Å². The number of carbonyl (C=O) groups is 2. The quantitative estimate of drug-likeness (QED) is 0.777. The van der Waals surface area contributed by atoms with E-state index in [0.29, 0.717) is 23.7 Å².